The molecule has 0 aliphatic heterocycles. The molecule has 0 fully saturated rings. The monoisotopic (exact) mass is 294 g/mol. The Hall–Kier alpha value is -2.08. The van der Waals surface area contributed by atoms with Gasteiger partial charge in [-0.25, -0.2) is 13.2 Å². The van der Waals surface area contributed by atoms with E-state index < -0.39 is 15.8 Å². The zero-order chi connectivity index (χ0) is 14.9. The highest BCUT2D eigenvalue weighted by atomic mass is 32.2. The summed E-state index contributed by atoms with van der Waals surface area (Å²) in [4.78, 5) is 11.1. The lowest BCUT2D eigenvalue weighted by Crippen LogP contribution is -2.04. The number of hydrogen-bond acceptors (Lipinski definition) is 4. The molecule has 2 rings (SSSR count). The second-order valence-electron chi connectivity index (χ2n) is 4.56. The van der Waals surface area contributed by atoms with Gasteiger partial charge in [0, 0.05) is 0 Å². The molecule has 0 aliphatic rings. The number of aromatic carboxylic acids is 1. The maximum Gasteiger partial charge on any atom is 0.339 e. The minimum absolute atomic E-state index is 0.0144. The molecule has 5 nitrogen and oxygen atoms in total. The summed E-state index contributed by atoms with van der Waals surface area (Å²) < 4.78 is 29.7. The molecule has 0 amide bonds. The van der Waals surface area contributed by atoms with Gasteiger partial charge in [0.1, 0.15) is 22.8 Å². The molecule has 1 N–H and O–H groups in total. The number of aryl methyl sites for hydroxylation is 2. The Kier molecular flexibility index (Phi) is 3.67. The average molecular weight is 294 g/mol. The van der Waals surface area contributed by atoms with E-state index in [1.54, 1.807) is 25.1 Å². The SMILES string of the molecule is Cc1cccc(S(=O)(=O)Cc2cc(C(=O)O)c(C)o2)c1. The van der Waals surface area contributed by atoms with Crippen molar-refractivity contribution in [1.29, 1.82) is 0 Å². The van der Waals surface area contributed by atoms with Crippen molar-refractivity contribution in [3.8, 4) is 0 Å². The van der Waals surface area contributed by atoms with Gasteiger partial charge in [-0.3, -0.25) is 0 Å². The fraction of sp³-hybridized carbons (Fsp3) is 0.214. The molecule has 0 bridgehead atoms. The van der Waals surface area contributed by atoms with E-state index in [2.05, 4.69) is 0 Å². The smallest absolute Gasteiger partial charge is 0.339 e. The molecule has 20 heavy (non-hydrogen) atoms. The van der Waals surface area contributed by atoms with Crippen LogP contribution in [0.1, 0.15) is 27.4 Å². The number of hydrogen-bond donors (Lipinski definition) is 1. The maximum absolute atomic E-state index is 12.2. The van der Waals surface area contributed by atoms with Crippen molar-refractivity contribution in [2.24, 2.45) is 0 Å². The third kappa shape index (κ3) is 2.91. The average Bonchev–Trinajstić information content (AvgIpc) is 2.69. The van der Waals surface area contributed by atoms with Gasteiger partial charge in [0.2, 0.25) is 0 Å². The first-order valence-corrected chi connectivity index (χ1v) is 7.57. The molecule has 0 unspecified atom stereocenters. The molecule has 0 aliphatic carbocycles. The Morgan fingerprint density at radius 1 is 1.25 bits per heavy atom. The number of carboxylic acids is 1. The quantitative estimate of drug-likeness (QED) is 0.936. The van der Waals surface area contributed by atoms with Gasteiger partial charge in [0.05, 0.1) is 4.90 Å². The van der Waals surface area contributed by atoms with Crippen molar-refractivity contribution in [3.63, 3.8) is 0 Å². The van der Waals surface area contributed by atoms with E-state index >= 15 is 0 Å². The van der Waals surface area contributed by atoms with Crippen molar-refractivity contribution in [1.82, 2.24) is 0 Å². The van der Waals surface area contributed by atoms with Crippen LogP contribution in [0, 0.1) is 13.8 Å². The zero-order valence-electron chi connectivity index (χ0n) is 11.1. The van der Waals surface area contributed by atoms with Gasteiger partial charge in [-0.2, -0.15) is 0 Å². The van der Waals surface area contributed by atoms with Gasteiger partial charge < -0.3 is 9.52 Å². The Morgan fingerprint density at radius 3 is 2.50 bits per heavy atom. The fourth-order valence-electron chi connectivity index (χ4n) is 1.91. The van der Waals surface area contributed by atoms with Crippen LogP contribution >= 0.6 is 0 Å². The normalized spacial score (nSPS) is 11.5. The van der Waals surface area contributed by atoms with E-state index in [1.165, 1.54) is 19.1 Å². The van der Waals surface area contributed by atoms with Crippen molar-refractivity contribution < 1.29 is 22.7 Å². The second kappa shape index (κ2) is 5.13. The van der Waals surface area contributed by atoms with Gasteiger partial charge in [0.15, 0.2) is 9.84 Å². The van der Waals surface area contributed by atoms with Crippen LogP contribution in [0.2, 0.25) is 0 Å². The van der Waals surface area contributed by atoms with Crippen LogP contribution in [0.5, 0.6) is 0 Å². The van der Waals surface area contributed by atoms with Crippen LogP contribution in [0.15, 0.2) is 39.6 Å². The standard InChI is InChI=1S/C14H14O5S/c1-9-4-3-5-12(6-9)20(17,18)8-11-7-13(14(15)16)10(2)19-11/h3-7H,8H2,1-2H3,(H,15,16). The summed E-state index contributed by atoms with van der Waals surface area (Å²) in [6.07, 6.45) is 0. The van der Waals surface area contributed by atoms with E-state index in [0.29, 0.717) is 0 Å². The summed E-state index contributed by atoms with van der Waals surface area (Å²) in [5.74, 6) is -1.16. The Morgan fingerprint density at radius 2 is 1.95 bits per heavy atom. The van der Waals surface area contributed by atoms with Crippen molar-refractivity contribution >= 4 is 15.8 Å². The molecule has 2 aromatic rings. The molecule has 106 valence electrons. The first kappa shape index (κ1) is 14.3. The van der Waals surface area contributed by atoms with Crippen molar-refractivity contribution in [2.45, 2.75) is 24.5 Å². The minimum atomic E-state index is -3.55. The third-order valence-corrected chi connectivity index (χ3v) is 4.52. The second-order valence-corrected chi connectivity index (χ2v) is 6.55. The predicted molar refractivity (Wildman–Crippen MR) is 72.5 cm³/mol. The molecular weight excluding hydrogens is 280 g/mol. The number of carbonyl (C=O) groups is 1. The number of rotatable bonds is 4. The van der Waals surface area contributed by atoms with E-state index in [9.17, 15) is 13.2 Å². The van der Waals surface area contributed by atoms with E-state index in [1.807, 2.05) is 0 Å². The van der Waals surface area contributed by atoms with Gasteiger partial charge in [-0.1, -0.05) is 12.1 Å². The van der Waals surface area contributed by atoms with Crippen molar-refractivity contribution in [3.05, 3.63) is 53.0 Å². The van der Waals surface area contributed by atoms with E-state index in [0.717, 1.165) is 5.56 Å². The summed E-state index contributed by atoms with van der Waals surface area (Å²) in [5.41, 5.74) is 0.826. The van der Waals surface area contributed by atoms with Gasteiger partial charge in [-0.15, -0.1) is 0 Å². The molecule has 0 spiro atoms. The number of carboxylic acid groups (broad SMARTS) is 1. The first-order valence-electron chi connectivity index (χ1n) is 5.91. The summed E-state index contributed by atoms with van der Waals surface area (Å²) in [5, 5.41) is 8.92. The van der Waals surface area contributed by atoms with Crippen LogP contribution in [-0.2, 0) is 15.6 Å². The molecule has 6 heteroatoms. The number of sulfone groups is 1. The van der Waals surface area contributed by atoms with Gasteiger partial charge in [0.25, 0.3) is 0 Å². The molecule has 0 atom stereocenters. The van der Waals surface area contributed by atoms with E-state index in [4.69, 9.17) is 9.52 Å². The van der Waals surface area contributed by atoms with Crippen molar-refractivity contribution in [2.75, 3.05) is 0 Å². The predicted octanol–water partition coefficient (Wildman–Crippen LogP) is 2.57. The summed E-state index contributed by atoms with van der Waals surface area (Å²) in [7, 11) is -3.55. The van der Waals surface area contributed by atoms with Gasteiger partial charge in [-0.05, 0) is 37.6 Å². The Labute approximate surface area is 116 Å². The van der Waals surface area contributed by atoms with Gasteiger partial charge >= 0.3 is 5.97 Å². The molecule has 0 saturated carbocycles. The molecule has 1 aromatic carbocycles. The van der Waals surface area contributed by atoms with Crippen LogP contribution in [0.3, 0.4) is 0 Å². The highest BCUT2D eigenvalue weighted by Crippen LogP contribution is 2.21. The lowest BCUT2D eigenvalue weighted by Gasteiger charge is -2.03. The Balaban J connectivity index is 2.34. The highest BCUT2D eigenvalue weighted by molar-refractivity contribution is 7.90. The minimum Gasteiger partial charge on any atom is -0.478 e. The maximum atomic E-state index is 12.2. The fourth-order valence-corrected chi connectivity index (χ4v) is 3.24. The lowest BCUT2D eigenvalue weighted by molar-refractivity contribution is 0.0695. The zero-order valence-corrected chi connectivity index (χ0v) is 11.9. The number of furan rings is 1. The molecule has 0 radical (unpaired) electrons. The summed E-state index contributed by atoms with van der Waals surface area (Å²) in [6, 6.07) is 7.81. The van der Waals surface area contributed by atoms with Crippen LogP contribution in [0.25, 0.3) is 0 Å². The van der Waals surface area contributed by atoms with Crippen LogP contribution in [-0.4, -0.2) is 19.5 Å². The first-order chi connectivity index (χ1) is 9.29. The van der Waals surface area contributed by atoms with Crippen LogP contribution < -0.4 is 0 Å². The van der Waals surface area contributed by atoms with E-state index in [-0.39, 0.29) is 27.7 Å². The molecule has 1 heterocycles. The largest absolute Gasteiger partial charge is 0.478 e. The topological polar surface area (TPSA) is 84.6 Å². The molecule has 1 aromatic heterocycles. The lowest BCUT2D eigenvalue weighted by atomic mass is 10.2. The molecule has 0 saturated heterocycles. The van der Waals surface area contributed by atoms with Crippen LogP contribution in [0.4, 0.5) is 0 Å². The molecular formula is C14H14O5S. The Bertz CT molecular complexity index is 756. The number of benzene rings is 1. The highest BCUT2D eigenvalue weighted by Gasteiger charge is 2.21. The third-order valence-electron chi connectivity index (χ3n) is 2.88. The summed E-state index contributed by atoms with van der Waals surface area (Å²) in [6.45, 7) is 3.30. The summed E-state index contributed by atoms with van der Waals surface area (Å²) >= 11 is 0.